The van der Waals surface area contributed by atoms with Crippen molar-refractivity contribution >= 4 is 33.0 Å². The molecule has 0 heterocycles. The van der Waals surface area contributed by atoms with Crippen molar-refractivity contribution in [1.29, 1.82) is 0 Å². The van der Waals surface area contributed by atoms with E-state index in [0.29, 0.717) is 5.69 Å². The Balaban J connectivity index is 2.19. The van der Waals surface area contributed by atoms with Crippen LogP contribution in [0.15, 0.2) is 48.5 Å². The van der Waals surface area contributed by atoms with Gasteiger partial charge in [-0.25, -0.2) is 12.8 Å². The topological polar surface area (TPSA) is 69.7 Å². The smallest absolute Gasteiger partial charge is 0.245 e. The predicted octanol–water partition coefficient (Wildman–Crippen LogP) is 2.30. The molecule has 134 valence electrons. The molecule has 0 aliphatic rings. The first kappa shape index (κ1) is 18.7. The number of anilines is 3. The Morgan fingerprint density at radius 3 is 2.20 bits per heavy atom. The van der Waals surface area contributed by atoms with Crippen LogP contribution in [0.2, 0.25) is 0 Å². The van der Waals surface area contributed by atoms with E-state index in [0.717, 1.165) is 22.3 Å². The predicted molar refractivity (Wildman–Crippen MR) is 98.0 cm³/mol. The minimum atomic E-state index is -3.66. The van der Waals surface area contributed by atoms with E-state index in [2.05, 4.69) is 5.32 Å². The van der Waals surface area contributed by atoms with Crippen LogP contribution in [0.5, 0.6) is 0 Å². The molecule has 0 radical (unpaired) electrons. The zero-order chi connectivity index (χ0) is 18.6. The number of nitrogens with one attached hydrogen (secondary N) is 1. The summed E-state index contributed by atoms with van der Waals surface area (Å²) in [7, 11) is 0.0799. The summed E-state index contributed by atoms with van der Waals surface area (Å²) in [5.74, 6) is -1.05. The van der Waals surface area contributed by atoms with Gasteiger partial charge in [-0.05, 0) is 42.5 Å². The van der Waals surface area contributed by atoms with Gasteiger partial charge in [0.25, 0.3) is 0 Å². The highest BCUT2D eigenvalue weighted by molar-refractivity contribution is 7.92. The van der Waals surface area contributed by atoms with Gasteiger partial charge in [-0.1, -0.05) is 6.07 Å². The van der Waals surface area contributed by atoms with Crippen molar-refractivity contribution in [1.82, 2.24) is 0 Å². The normalized spacial score (nSPS) is 11.0. The molecule has 2 aromatic carbocycles. The second kappa shape index (κ2) is 7.52. The van der Waals surface area contributed by atoms with E-state index < -0.39 is 28.3 Å². The molecule has 0 aliphatic heterocycles. The molecule has 2 aromatic rings. The van der Waals surface area contributed by atoms with Crippen LogP contribution in [-0.4, -0.2) is 41.2 Å². The SMILES string of the molecule is CN(C)c1ccc(N(CC(=O)Nc2cccc(F)c2)S(C)(=O)=O)cc1. The Kier molecular flexibility index (Phi) is 5.63. The molecule has 25 heavy (non-hydrogen) atoms. The van der Waals surface area contributed by atoms with Crippen molar-refractivity contribution in [3.63, 3.8) is 0 Å². The maximum Gasteiger partial charge on any atom is 0.245 e. The minimum Gasteiger partial charge on any atom is -0.378 e. The van der Waals surface area contributed by atoms with Crippen LogP contribution in [0.3, 0.4) is 0 Å². The van der Waals surface area contributed by atoms with Crippen LogP contribution in [0.25, 0.3) is 0 Å². The summed E-state index contributed by atoms with van der Waals surface area (Å²) in [4.78, 5) is 14.1. The average Bonchev–Trinajstić information content (AvgIpc) is 2.51. The molecule has 0 spiro atoms. The molecule has 0 bridgehead atoms. The summed E-state index contributed by atoms with van der Waals surface area (Å²) >= 11 is 0. The largest absolute Gasteiger partial charge is 0.378 e. The van der Waals surface area contributed by atoms with E-state index in [1.165, 1.54) is 18.2 Å². The van der Waals surface area contributed by atoms with Crippen molar-refractivity contribution in [2.24, 2.45) is 0 Å². The number of halogens is 1. The van der Waals surface area contributed by atoms with Crippen molar-refractivity contribution in [2.45, 2.75) is 0 Å². The first-order valence-corrected chi connectivity index (χ1v) is 9.32. The molecule has 0 fully saturated rings. The summed E-state index contributed by atoms with van der Waals surface area (Å²) in [6.45, 7) is -0.406. The third-order valence-corrected chi connectivity index (χ3v) is 4.59. The van der Waals surface area contributed by atoms with Crippen LogP contribution in [-0.2, 0) is 14.8 Å². The van der Waals surface area contributed by atoms with E-state index in [4.69, 9.17) is 0 Å². The number of hydrogen-bond acceptors (Lipinski definition) is 4. The Morgan fingerprint density at radius 1 is 1.08 bits per heavy atom. The van der Waals surface area contributed by atoms with Gasteiger partial charge in [0, 0.05) is 25.5 Å². The van der Waals surface area contributed by atoms with Gasteiger partial charge in [0.1, 0.15) is 12.4 Å². The van der Waals surface area contributed by atoms with E-state index in [-0.39, 0.29) is 5.69 Å². The minimum absolute atomic E-state index is 0.265. The molecule has 0 aromatic heterocycles. The van der Waals surface area contributed by atoms with Crippen molar-refractivity contribution in [2.75, 3.05) is 41.4 Å². The lowest BCUT2D eigenvalue weighted by Gasteiger charge is -2.23. The molecule has 0 unspecified atom stereocenters. The van der Waals surface area contributed by atoms with Gasteiger partial charge in [-0.2, -0.15) is 0 Å². The molecule has 1 N–H and O–H groups in total. The third kappa shape index (κ3) is 5.18. The van der Waals surface area contributed by atoms with Gasteiger partial charge in [0.2, 0.25) is 15.9 Å². The fraction of sp³-hybridized carbons (Fsp3) is 0.235. The summed E-state index contributed by atoms with van der Waals surface area (Å²) in [5.41, 5.74) is 1.55. The standard InChI is InChI=1S/C17H20FN3O3S/c1-20(2)15-7-9-16(10-8-15)21(25(3,23)24)12-17(22)19-14-6-4-5-13(18)11-14/h4-11H,12H2,1-3H3,(H,19,22). The summed E-state index contributed by atoms with van der Waals surface area (Å²) in [5, 5.41) is 2.49. The van der Waals surface area contributed by atoms with E-state index in [9.17, 15) is 17.6 Å². The number of benzene rings is 2. The van der Waals surface area contributed by atoms with Crippen molar-refractivity contribution in [3.05, 3.63) is 54.3 Å². The van der Waals surface area contributed by atoms with Crippen molar-refractivity contribution in [3.8, 4) is 0 Å². The van der Waals surface area contributed by atoms with Gasteiger partial charge >= 0.3 is 0 Å². The van der Waals surface area contributed by atoms with Crippen LogP contribution in [0.4, 0.5) is 21.5 Å². The second-order valence-electron chi connectivity index (χ2n) is 5.74. The lowest BCUT2D eigenvalue weighted by molar-refractivity contribution is -0.114. The number of carbonyl (C=O) groups is 1. The second-order valence-corrected chi connectivity index (χ2v) is 7.65. The highest BCUT2D eigenvalue weighted by Crippen LogP contribution is 2.21. The molecular weight excluding hydrogens is 345 g/mol. The molecule has 0 atom stereocenters. The maximum atomic E-state index is 13.2. The zero-order valence-corrected chi connectivity index (χ0v) is 15.0. The van der Waals surface area contributed by atoms with Crippen LogP contribution in [0.1, 0.15) is 0 Å². The number of sulfonamides is 1. The molecule has 0 aliphatic carbocycles. The Morgan fingerprint density at radius 2 is 1.68 bits per heavy atom. The first-order chi connectivity index (χ1) is 11.7. The summed E-state index contributed by atoms with van der Waals surface area (Å²) in [6, 6.07) is 12.2. The molecule has 0 saturated carbocycles. The molecule has 8 heteroatoms. The Labute approximate surface area is 146 Å². The highest BCUT2D eigenvalue weighted by Gasteiger charge is 2.21. The van der Waals surface area contributed by atoms with Gasteiger partial charge in [0.05, 0.1) is 11.9 Å². The number of nitrogens with zero attached hydrogens (tertiary/aromatic N) is 2. The van der Waals surface area contributed by atoms with Gasteiger partial charge in [0.15, 0.2) is 0 Å². The Bertz CT molecular complexity index is 852. The summed E-state index contributed by atoms with van der Waals surface area (Å²) < 4.78 is 38.3. The molecule has 2 rings (SSSR count). The number of hydrogen-bond donors (Lipinski definition) is 1. The molecule has 1 amide bonds. The highest BCUT2D eigenvalue weighted by atomic mass is 32.2. The maximum absolute atomic E-state index is 13.2. The quantitative estimate of drug-likeness (QED) is 0.853. The fourth-order valence-electron chi connectivity index (χ4n) is 2.21. The first-order valence-electron chi connectivity index (χ1n) is 7.47. The van der Waals surface area contributed by atoms with Gasteiger partial charge in [-0.3, -0.25) is 9.10 Å². The molecular formula is C17H20FN3O3S. The number of amides is 1. The van der Waals surface area contributed by atoms with E-state index >= 15 is 0 Å². The number of carbonyl (C=O) groups excluding carboxylic acids is 1. The van der Waals surface area contributed by atoms with Crippen LogP contribution < -0.4 is 14.5 Å². The van der Waals surface area contributed by atoms with Gasteiger partial charge in [-0.15, -0.1) is 0 Å². The number of rotatable bonds is 6. The zero-order valence-electron chi connectivity index (χ0n) is 14.2. The average molecular weight is 365 g/mol. The van der Waals surface area contributed by atoms with E-state index in [1.807, 2.05) is 19.0 Å². The summed E-state index contributed by atoms with van der Waals surface area (Å²) in [6.07, 6.45) is 1.03. The van der Waals surface area contributed by atoms with Crippen LogP contribution in [0, 0.1) is 5.82 Å². The van der Waals surface area contributed by atoms with E-state index in [1.54, 1.807) is 24.3 Å². The molecule has 6 nitrogen and oxygen atoms in total. The Hall–Kier alpha value is -2.61. The van der Waals surface area contributed by atoms with Crippen molar-refractivity contribution < 1.29 is 17.6 Å². The third-order valence-electron chi connectivity index (χ3n) is 3.45. The van der Waals surface area contributed by atoms with Gasteiger partial charge < -0.3 is 10.2 Å². The van der Waals surface area contributed by atoms with Crippen LogP contribution >= 0.6 is 0 Å². The molecule has 0 saturated heterocycles. The fourth-order valence-corrected chi connectivity index (χ4v) is 3.07. The monoisotopic (exact) mass is 365 g/mol. The lowest BCUT2D eigenvalue weighted by Crippen LogP contribution is -2.37. The lowest BCUT2D eigenvalue weighted by atomic mass is 10.2.